The van der Waals surface area contributed by atoms with Gasteiger partial charge < -0.3 is 9.97 Å². The van der Waals surface area contributed by atoms with Crippen LogP contribution in [0.5, 0.6) is 0 Å². The molecule has 2 N–H and O–H groups in total. The van der Waals surface area contributed by atoms with Crippen molar-refractivity contribution in [3.05, 3.63) is 351 Å². The number of H-pyrrole nitrogens is 2. The zero-order valence-corrected chi connectivity index (χ0v) is 72.6. The average molecular weight is 1580 g/mol. The maximum Gasteiger partial charge on any atom is 0.0973 e. The molecule has 8 nitrogen and oxygen atoms in total. The fourth-order valence-electron chi connectivity index (χ4n) is 20.0. The van der Waals surface area contributed by atoms with Gasteiger partial charge in [0, 0.05) is 99.2 Å². The Morgan fingerprint density at radius 2 is 0.459 bits per heavy atom. The minimum atomic E-state index is 0.825. The Morgan fingerprint density at radius 1 is 0.205 bits per heavy atom. The molecule has 7 aromatic heterocycles. The van der Waals surface area contributed by atoms with Crippen LogP contribution in [0.2, 0.25) is 0 Å². The molecule has 0 aliphatic carbocycles. The first-order valence-corrected chi connectivity index (χ1v) is 42.2. The van der Waals surface area contributed by atoms with Gasteiger partial charge in [-0.2, -0.15) is 0 Å². The van der Waals surface area contributed by atoms with Gasteiger partial charge in [-0.25, -0.2) is 29.9 Å². The quantitative estimate of drug-likeness (QED) is 0.116. The predicted octanol–water partition coefficient (Wildman–Crippen LogP) is 28.5. The van der Waals surface area contributed by atoms with Crippen LogP contribution in [0.3, 0.4) is 0 Å². The van der Waals surface area contributed by atoms with Gasteiger partial charge in [-0.1, -0.05) is 191 Å². The number of benzene rings is 10. The minimum Gasteiger partial charge on any atom is -0.354 e. The molecule has 122 heavy (non-hydrogen) atoms. The lowest BCUT2D eigenvalue weighted by Gasteiger charge is -2.15. The summed E-state index contributed by atoms with van der Waals surface area (Å²) in [7, 11) is 0. The van der Waals surface area contributed by atoms with Gasteiger partial charge in [-0.05, 0) is 311 Å². The summed E-state index contributed by atoms with van der Waals surface area (Å²) in [5.74, 6) is 14.7. The standard InChI is InChI=1S/C114H94N8/c1-61-47-67(7)99(68(8)48-61)89-37-35-83-31-33-87-59-85(109(121-113(87)111(83)119-89)103-75(15)55-65(5)56-76(103)16)29-23-79-19-25-81(26-20-79)105-91-39-43-95(115-91)107(101-71(11)51-63(3)52-72(101)12)97-45-41-93(117-97)106(94-42-46-98(118-94)108(96-44-40-92(105)116-96)102-73(13)53-64(4)54-74(102)14)82-27-21-80(22-28-82)24-30-86-60-88-34-32-84-36-38-90(100-69(9)49-62(2)50-70(100)10)120-112(84)114(88)122-110(86)104-77(17)57-66(6)58-78(104)18/h19-22,25-28,31-60,115,118H,1-18H3. The molecule has 0 atom stereocenters. The molecule has 0 saturated carbocycles. The largest absolute Gasteiger partial charge is 0.354 e. The van der Waals surface area contributed by atoms with Crippen molar-refractivity contribution in [3.8, 4) is 113 Å². The average Bonchev–Trinajstić information content (AvgIpc) is 1.12. The van der Waals surface area contributed by atoms with Gasteiger partial charge in [0.25, 0.3) is 0 Å². The van der Waals surface area contributed by atoms with E-state index in [0.29, 0.717) is 0 Å². The van der Waals surface area contributed by atoms with Crippen LogP contribution in [0, 0.1) is 148 Å². The van der Waals surface area contributed by atoms with Crippen molar-refractivity contribution in [3.63, 3.8) is 0 Å². The molecule has 0 radical (unpaired) electrons. The van der Waals surface area contributed by atoms with Crippen LogP contribution < -0.4 is 0 Å². The normalized spacial score (nSPS) is 11.8. The van der Waals surface area contributed by atoms with Crippen LogP contribution in [-0.4, -0.2) is 39.9 Å². The fraction of sp³-hybridized carbons (Fsp3) is 0.158. The second-order valence-corrected chi connectivity index (χ2v) is 34.4. The number of nitrogens with zero attached hydrogens (tertiary/aromatic N) is 6. The number of pyridine rings is 4. The molecule has 0 spiro atoms. The molecule has 2 aliphatic heterocycles. The van der Waals surface area contributed by atoms with Gasteiger partial charge in [-0.3, -0.25) is 0 Å². The van der Waals surface area contributed by atoms with E-state index in [2.05, 4.69) is 389 Å². The summed E-state index contributed by atoms with van der Waals surface area (Å²) < 4.78 is 0. The van der Waals surface area contributed by atoms with Crippen LogP contribution in [0.4, 0.5) is 0 Å². The van der Waals surface area contributed by atoms with Gasteiger partial charge in [-0.15, -0.1) is 0 Å². The molecule has 590 valence electrons. The highest BCUT2D eigenvalue weighted by Crippen LogP contribution is 2.45. The molecule has 0 saturated heterocycles. The predicted molar refractivity (Wildman–Crippen MR) is 514 cm³/mol. The van der Waals surface area contributed by atoms with Crippen LogP contribution in [0.15, 0.2) is 206 Å². The summed E-state index contributed by atoms with van der Waals surface area (Å²) in [4.78, 5) is 41.8. The second-order valence-electron chi connectivity index (χ2n) is 34.4. The van der Waals surface area contributed by atoms with Gasteiger partial charge in [0.05, 0.1) is 78.7 Å². The van der Waals surface area contributed by atoms with Gasteiger partial charge in [0.2, 0.25) is 0 Å². The molecule has 2 aliphatic rings. The van der Waals surface area contributed by atoms with Crippen LogP contribution >= 0.6 is 0 Å². The van der Waals surface area contributed by atoms with E-state index in [-0.39, 0.29) is 0 Å². The number of aromatic amines is 2. The summed E-state index contributed by atoms with van der Waals surface area (Å²) in [5, 5.41) is 4.04. The number of aromatic nitrogens is 8. The summed E-state index contributed by atoms with van der Waals surface area (Å²) in [6.45, 7) is 39.3. The van der Waals surface area contributed by atoms with Crippen molar-refractivity contribution in [2.45, 2.75) is 125 Å². The second kappa shape index (κ2) is 30.4. The first-order chi connectivity index (χ1) is 58.8. The smallest absolute Gasteiger partial charge is 0.0973 e. The molecule has 10 aromatic carbocycles. The number of aryl methyl sites for hydroxylation is 18. The highest BCUT2D eigenvalue weighted by molar-refractivity contribution is 6.08. The lowest BCUT2D eigenvalue weighted by molar-refractivity contribution is 1.27. The molecule has 8 bridgehead atoms. The Bertz CT molecular complexity index is 7220. The maximum atomic E-state index is 5.79. The van der Waals surface area contributed by atoms with Crippen LogP contribution in [0.25, 0.3) is 180 Å². The molecular weight excluding hydrogens is 1480 g/mol. The molecule has 9 heterocycles. The van der Waals surface area contributed by atoms with Gasteiger partial charge >= 0.3 is 0 Å². The number of hydrogen-bond acceptors (Lipinski definition) is 6. The number of fused-ring (bicyclic) bond motifs is 14. The van der Waals surface area contributed by atoms with E-state index >= 15 is 0 Å². The third kappa shape index (κ3) is 14.0. The maximum absolute atomic E-state index is 5.79. The third-order valence-electron chi connectivity index (χ3n) is 24.6. The van der Waals surface area contributed by atoms with Crippen LogP contribution in [0.1, 0.15) is 145 Å². The van der Waals surface area contributed by atoms with E-state index in [4.69, 9.17) is 29.9 Å². The van der Waals surface area contributed by atoms with E-state index in [1.807, 2.05) is 0 Å². The summed E-state index contributed by atoms with van der Waals surface area (Å²) in [6, 6.07) is 75.0. The molecular formula is C114H94N8. The van der Waals surface area contributed by atoms with Crippen molar-refractivity contribution in [1.29, 1.82) is 0 Å². The van der Waals surface area contributed by atoms with Crippen molar-refractivity contribution in [2.75, 3.05) is 0 Å². The molecule has 0 unspecified atom stereocenters. The topological polar surface area (TPSA) is 109 Å². The van der Waals surface area contributed by atoms with E-state index in [1.54, 1.807) is 0 Å². The zero-order chi connectivity index (χ0) is 84.5. The lowest BCUT2D eigenvalue weighted by Crippen LogP contribution is -1.99. The first kappa shape index (κ1) is 77.5. The summed E-state index contributed by atoms with van der Waals surface area (Å²) in [5.41, 5.74) is 51.4. The van der Waals surface area contributed by atoms with E-state index in [0.717, 1.165) is 245 Å². The summed E-state index contributed by atoms with van der Waals surface area (Å²) >= 11 is 0. The molecule has 19 rings (SSSR count). The number of rotatable bonds is 8. The first-order valence-electron chi connectivity index (χ1n) is 42.2. The summed E-state index contributed by atoms with van der Waals surface area (Å²) in [6.07, 6.45) is 8.75. The van der Waals surface area contributed by atoms with Crippen molar-refractivity contribution >= 4 is 90.0 Å². The highest BCUT2D eigenvalue weighted by Gasteiger charge is 2.26. The SMILES string of the molecule is Cc1cc(C)c(-c2ccc3ccc4cc(C#Cc5ccc(-c6c7nc(c(-c8c(C)cc(C)cc8C)c8ccc([nH]8)c(-c8ccc(C#Cc9cc%10ccc%11ccc(-c%12c(C)cc(C)cc%12C)nc%11c%10nc9-c9c(C)cc(C)cc9C)cc8)c8nc(c(-c9c(C)cc(C)cc9C)c9ccc6[nH]9)C=C8)C=C7)cc5)c(-c5c(C)cc(C)cc5C)nc4c3n2)c(C)c1. The minimum absolute atomic E-state index is 0.825. The Labute approximate surface area is 714 Å². The highest BCUT2D eigenvalue weighted by atomic mass is 14.8. The molecule has 17 aromatic rings. The fourth-order valence-corrected chi connectivity index (χ4v) is 20.0. The van der Waals surface area contributed by atoms with Crippen molar-refractivity contribution < 1.29 is 0 Å². The number of hydrogen-bond donors (Lipinski definition) is 2. The van der Waals surface area contributed by atoms with Crippen LogP contribution in [-0.2, 0) is 0 Å². The Kier molecular flexibility index (Phi) is 19.3. The number of nitrogens with one attached hydrogen (secondary N) is 2. The Morgan fingerprint density at radius 3 is 0.770 bits per heavy atom. The Balaban J connectivity index is 0.763. The Hall–Kier alpha value is -14.4. The van der Waals surface area contributed by atoms with E-state index in [9.17, 15) is 0 Å². The monoisotopic (exact) mass is 1570 g/mol. The van der Waals surface area contributed by atoms with Gasteiger partial charge in [0.15, 0.2) is 0 Å². The van der Waals surface area contributed by atoms with Crippen molar-refractivity contribution in [2.24, 2.45) is 0 Å². The van der Waals surface area contributed by atoms with E-state index < -0.39 is 0 Å². The third-order valence-corrected chi connectivity index (χ3v) is 24.6. The van der Waals surface area contributed by atoms with Crippen molar-refractivity contribution in [1.82, 2.24) is 39.9 Å². The zero-order valence-electron chi connectivity index (χ0n) is 72.6. The van der Waals surface area contributed by atoms with Gasteiger partial charge in [0.1, 0.15) is 0 Å². The molecule has 8 heteroatoms. The lowest BCUT2D eigenvalue weighted by atomic mass is 9.92. The molecule has 0 amide bonds. The molecule has 0 fully saturated rings. The van der Waals surface area contributed by atoms with E-state index in [1.165, 1.54) is 55.6 Å².